The highest BCUT2D eigenvalue weighted by molar-refractivity contribution is 5.92. The molecule has 172 valence electrons. The molecule has 0 spiro atoms. The summed E-state index contributed by atoms with van der Waals surface area (Å²) in [5, 5.41) is 12.6. The lowest BCUT2D eigenvalue weighted by Gasteiger charge is -2.22. The molecule has 0 aromatic heterocycles. The van der Waals surface area contributed by atoms with Gasteiger partial charge in [-0.05, 0) is 41.5 Å². The van der Waals surface area contributed by atoms with Crippen molar-refractivity contribution in [2.24, 2.45) is 4.99 Å². The first-order chi connectivity index (χ1) is 15.5. The van der Waals surface area contributed by atoms with Gasteiger partial charge >= 0.3 is 12.4 Å². The molecule has 1 aliphatic rings. The smallest absolute Gasteiger partial charge is 0.337 e. The van der Waals surface area contributed by atoms with Crippen molar-refractivity contribution in [3.05, 3.63) is 70.8 Å². The number of aliphatic imine (C=N–C) groups is 1. The van der Waals surface area contributed by atoms with Crippen LogP contribution in [0, 0.1) is 11.3 Å². The van der Waals surface area contributed by atoms with E-state index in [9.17, 15) is 36.4 Å². The SMILES string of the molecule is N#Cc1cc(C=CC(=O)NC(c2cccc(C(F)(F)F)c2)C(F)(F)F)ccc1N1CN=CN1. The van der Waals surface area contributed by atoms with E-state index in [2.05, 4.69) is 10.4 Å². The molecular formula is C21H15F6N5O. The number of hydrogen-bond donors (Lipinski definition) is 2. The maximum Gasteiger partial charge on any atom is 0.416 e. The zero-order valence-corrected chi connectivity index (χ0v) is 16.6. The number of nitriles is 1. The number of hydrogen-bond acceptors (Lipinski definition) is 5. The highest BCUT2D eigenvalue weighted by Gasteiger charge is 2.42. The monoisotopic (exact) mass is 467 g/mol. The van der Waals surface area contributed by atoms with Crippen LogP contribution in [0.1, 0.15) is 28.3 Å². The summed E-state index contributed by atoms with van der Waals surface area (Å²) in [6.07, 6.45) is -6.43. The second kappa shape index (κ2) is 9.23. The van der Waals surface area contributed by atoms with Crippen molar-refractivity contribution in [1.29, 1.82) is 5.26 Å². The molecule has 2 N–H and O–H groups in total. The molecule has 3 rings (SSSR count). The molecule has 2 aromatic rings. The van der Waals surface area contributed by atoms with Gasteiger partial charge in [-0.3, -0.25) is 20.2 Å². The summed E-state index contributed by atoms with van der Waals surface area (Å²) in [5.41, 5.74) is 1.89. The second-order valence-electron chi connectivity index (χ2n) is 6.84. The number of hydrazine groups is 1. The molecule has 0 fully saturated rings. The maximum atomic E-state index is 13.5. The van der Waals surface area contributed by atoms with Crippen molar-refractivity contribution < 1.29 is 31.1 Å². The fourth-order valence-corrected chi connectivity index (χ4v) is 3.01. The molecule has 0 saturated heterocycles. The van der Waals surface area contributed by atoms with Crippen LogP contribution in [0.3, 0.4) is 0 Å². The molecule has 0 bridgehead atoms. The Balaban J connectivity index is 1.78. The summed E-state index contributed by atoms with van der Waals surface area (Å²) in [7, 11) is 0. The van der Waals surface area contributed by atoms with Crippen molar-refractivity contribution >= 4 is 24.0 Å². The van der Waals surface area contributed by atoms with Crippen LogP contribution >= 0.6 is 0 Å². The summed E-state index contributed by atoms with van der Waals surface area (Å²) in [5.74, 6) is -1.17. The summed E-state index contributed by atoms with van der Waals surface area (Å²) in [4.78, 5) is 16.1. The molecular weight excluding hydrogens is 452 g/mol. The zero-order valence-electron chi connectivity index (χ0n) is 16.6. The molecule has 1 heterocycles. The van der Waals surface area contributed by atoms with E-state index < -0.39 is 35.4 Å². The number of carbonyl (C=O) groups excluding carboxylic acids is 1. The third-order valence-electron chi connectivity index (χ3n) is 4.55. The van der Waals surface area contributed by atoms with Gasteiger partial charge in [0.15, 0.2) is 6.04 Å². The average Bonchev–Trinajstić information content (AvgIpc) is 3.29. The Morgan fingerprint density at radius 1 is 1.18 bits per heavy atom. The summed E-state index contributed by atoms with van der Waals surface area (Å²) in [6, 6.07) is 6.54. The largest absolute Gasteiger partial charge is 0.416 e. The standard InChI is InChI=1S/C21H15F6N5O/c22-20(23,24)16-3-1-2-14(9-16)19(21(25,26)27)31-18(33)7-5-13-4-6-17(15(8-13)10-28)32-12-29-11-30-32/h1-9,11,19H,12H2,(H,29,30)(H,31,33). The quantitative estimate of drug-likeness (QED) is 0.507. The van der Waals surface area contributed by atoms with E-state index in [0.717, 1.165) is 18.2 Å². The second-order valence-corrected chi connectivity index (χ2v) is 6.84. The van der Waals surface area contributed by atoms with Gasteiger partial charge in [-0.25, -0.2) is 0 Å². The molecule has 12 heteroatoms. The predicted octanol–water partition coefficient (Wildman–Crippen LogP) is 4.32. The van der Waals surface area contributed by atoms with Crippen LogP contribution in [0.2, 0.25) is 0 Å². The molecule has 1 amide bonds. The number of anilines is 1. The van der Waals surface area contributed by atoms with Gasteiger partial charge in [0.1, 0.15) is 19.1 Å². The number of benzene rings is 2. The van der Waals surface area contributed by atoms with E-state index in [1.165, 1.54) is 24.5 Å². The molecule has 0 saturated carbocycles. The number of amides is 1. The van der Waals surface area contributed by atoms with Gasteiger partial charge in [-0.15, -0.1) is 0 Å². The Morgan fingerprint density at radius 2 is 1.94 bits per heavy atom. The Morgan fingerprint density at radius 3 is 2.55 bits per heavy atom. The summed E-state index contributed by atoms with van der Waals surface area (Å²) >= 11 is 0. The van der Waals surface area contributed by atoms with Crippen LogP contribution in [0.4, 0.5) is 32.0 Å². The Hall–Kier alpha value is -4.01. The fraction of sp³-hybridized carbons (Fsp3) is 0.190. The lowest BCUT2D eigenvalue weighted by atomic mass is 10.0. The minimum atomic E-state index is -5.03. The number of alkyl halides is 6. The maximum absolute atomic E-state index is 13.5. The van der Waals surface area contributed by atoms with E-state index >= 15 is 0 Å². The van der Waals surface area contributed by atoms with Crippen LogP contribution in [-0.4, -0.2) is 25.1 Å². The minimum absolute atomic E-state index is 0.229. The average molecular weight is 467 g/mol. The molecule has 33 heavy (non-hydrogen) atoms. The van der Waals surface area contributed by atoms with Gasteiger partial charge in [0.2, 0.25) is 5.91 Å². The number of carbonyl (C=O) groups is 1. The van der Waals surface area contributed by atoms with Crippen molar-refractivity contribution in [2.45, 2.75) is 18.4 Å². The van der Waals surface area contributed by atoms with E-state index in [0.29, 0.717) is 23.4 Å². The molecule has 6 nitrogen and oxygen atoms in total. The van der Waals surface area contributed by atoms with Crippen LogP contribution in [-0.2, 0) is 11.0 Å². The summed E-state index contributed by atoms with van der Waals surface area (Å²) in [6.45, 7) is 0.278. The fourth-order valence-electron chi connectivity index (χ4n) is 3.01. The van der Waals surface area contributed by atoms with E-state index in [-0.39, 0.29) is 12.2 Å². The lowest BCUT2D eigenvalue weighted by Crippen LogP contribution is -2.37. The topological polar surface area (TPSA) is 80.5 Å². The molecule has 1 aliphatic heterocycles. The molecule has 2 aromatic carbocycles. The predicted molar refractivity (Wildman–Crippen MR) is 108 cm³/mol. The van der Waals surface area contributed by atoms with Crippen LogP contribution in [0.5, 0.6) is 0 Å². The van der Waals surface area contributed by atoms with Gasteiger partial charge in [0.25, 0.3) is 0 Å². The number of nitrogens with zero attached hydrogens (tertiary/aromatic N) is 3. The van der Waals surface area contributed by atoms with Gasteiger partial charge in [-0.1, -0.05) is 18.2 Å². The van der Waals surface area contributed by atoms with Gasteiger partial charge in [-0.2, -0.15) is 31.6 Å². The van der Waals surface area contributed by atoms with Crippen LogP contribution < -0.4 is 15.8 Å². The molecule has 0 radical (unpaired) electrons. The van der Waals surface area contributed by atoms with E-state index in [4.69, 9.17) is 0 Å². The number of halogens is 6. The van der Waals surface area contributed by atoms with Crippen LogP contribution in [0.15, 0.2) is 53.5 Å². The molecule has 0 aliphatic carbocycles. The van der Waals surface area contributed by atoms with E-state index in [1.54, 1.807) is 16.4 Å². The minimum Gasteiger partial charge on any atom is -0.337 e. The van der Waals surface area contributed by atoms with Gasteiger partial charge in [0, 0.05) is 6.08 Å². The van der Waals surface area contributed by atoms with Crippen molar-refractivity contribution in [3.8, 4) is 6.07 Å². The summed E-state index contributed by atoms with van der Waals surface area (Å²) < 4.78 is 79.0. The lowest BCUT2D eigenvalue weighted by molar-refractivity contribution is -0.162. The number of nitrogens with one attached hydrogen (secondary N) is 2. The van der Waals surface area contributed by atoms with Crippen LogP contribution in [0.25, 0.3) is 6.08 Å². The highest BCUT2D eigenvalue weighted by atomic mass is 19.4. The Kier molecular flexibility index (Phi) is 6.62. The normalized spacial score (nSPS) is 14.8. The Labute approximate surface area is 183 Å². The third-order valence-corrected chi connectivity index (χ3v) is 4.55. The van der Waals surface area contributed by atoms with Crippen molar-refractivity contribution in [2.75, 3.05) is 11.7 Å². The van der Waals surface area contributed by atoms with Crippen molar-refractivity contribution in [1.82, 2.24) is 10.7 Å². The van der Waals surface area contributed by atoms with E-state index in [1.807, 2.05) is 6.07 Å². The zero-order chi connectivity index (χ0) is 24.2. The third kappa shape index (κ3) is 5.82. The Bertz CT molecular complexity index is 1130. The molecule has 1 atom stereocenters. The highest BCUT2D eigenvalue weighted by Crippen LogP contribution is 2.36. The van der Waals surface area contributed by atoms with Gasteiger partial charge in [0.05, 0.1) is 16.8 Å². The molecule has 1 unspecified atom stereocenters. The van der Waals surface area contributed by atoms with Gasteiger partial charge < -0.3 is 5.32 Å². The first-order valence-corrected chi connectivity index (χ1v) is 9.27. The first-order valence-electron chi connectivity index (χ1n) is 9.27. The van der Waals surface area contributed by atoms with Crippen molar-refractivity contribution in [3.63, 3.8) is 0 Å². The number of rotatable bonds is 5. The first kappa shape index (κ1) is 23.6.